The van der Waals surface area contributed by atoms with E-state index in [1.807, 2.05) is 23.8 Å². The molecular weight excluding hydrogens is 372 g/mol. The number of anilines is 1. The summed E-state index contributed by atoms with van der Waals surface area (Å²) >= 11 is 2.95. The maximum atomic E-state index is 12.4. The summed E-state index contributed by atoms with van der Waals surface area (Å²) in [7, 11) is 0. The molecule has 0 aliphatic rings. The summed E-state index contributed by atoms with van der Waals surface area (Å²) in [6.45, 7) is 2.54. The summed E-state index contributed by atoms with van der Waals surface area (Å²) in [6.07, 6.45) is 0. The Balaban J connectivity index is 1.56. The van der Waals surface area contributed by atoms with E-state index in [0.717, 1.165) is 10.6 Å². The van der Waals surface area contributed by atoms with Crippen molar-refractivity contribution in [2.24, 2.45) is 0 Å². The normalized spacial score (nSPS) is 10.5. The topological polar surface area (TPSA) is 97.2 Å². The van der Waals surface area contributed by atoms with Crippen LogP contribution in [0.4, 0.5) is 11.4 Å². The van der Waals surface area contributed by atoms with Gasteiger partial charge in [0.2, 0.25) is 0 Å². The summed E-state index contributed by atoms with van der Waals surface area (Å²) < 4.78 is 0. The predicted octanol–water partition coefficient (Wildman–Crippen LogP) is 3.93. The lowest BCUT2D eigenvalue weighted by atomic mass is 10.2. The molecular formula is C17H16N4O3S2. The maximum Gasteiger partial charge on any atom is 0.292 e. The Kier molecular flexibility index (Phi) is 5.59. The number of nitrogens with one attached hydrogen (secondary N) is 2. The Hall–Kier alpha value is -2.78. The second kappa shape index (κ2) is 8.07. The Morgan fingerprint density at radius 3 is 2.81 bits per heavy atom. The summed E-state index contributed by atoms with van der Waals surface area (Å²) in [5, 5.41) is 21.6. The molecule has 0 atom stereocenters. The van der Waals surface area contributed by atoms with E-state index in [9.17, 15) is 14.9 Å². The largest absolute Gasteiger partial charge is 0.378 e. The Morgan fingerprint density at radius 1 is 1.27 bits per heavy atom. The first-order valence-electron chi connectivity index (χ1n) is 7.81. The highest BCUT2D eigenvalue weighted by Crippen LogP contribution is 2.29. The van der Waals surface area contributed by atoms with E-state index in [4.69, 9.17) is 0 Å². The van der Waals surface area contributed by atoms with Crippen molar-refractivity contribution in [3.8, 4) is 10.6 Å². The highest BCUT2D eigenvalue weighted by atomic mass is 32.1. The number of nitro benzene ring substituents is 1. The molecule has 2 N–H and O–H groups in total. The molecule has 2 aromatic heterocycles. The zero-order chi connectivity index (χ0) is 18.5. The number of aromatic nitrogens is 1. The van der Waals surface area contributed by atoms with Gasteiger partial charge in [-0.3, -0.25) is 14.9 Å². The van der Waals surface area contributed by atoms with Crippen molar-refractivity contribution < 1.29 is 9.72 Å². The van der Waals surface area contributed by atoms with Crippen molar-refractivity contribution in [2.45, 2.75) is 6.92 Å². The van der Waals surface area contributed by atoms with Gasteiger partial charge >= 0.3 is 0 Å². The number of nitrogens with zero attached hydrogens (tertiary/aromatic N) is 2. The van der Waals surface area contributed by atoms with Crippen LogP contribution in [0.2, 0.25) is 0 Å². The SMILES string of the molecule is Cc1nc(-c2ccsc2)sc1C(=O)NCCNc1ccccc1[N+](=O)[O-]. The van der Waals surface area contributed by atoms with E-state index in [1.54, 1.807) is 29.5 Å². The van der Waals surface area contributed by atoms with Crippen LogP contribution < -0.4 is 10.6 Å². The van der Waals surface area contributed by atoms with Crippen molar-refractivity contribution in [1.82, 2.24) is 10.3 Å². The van der Waals surface area contributed by atoms with E-state index in [2.05, 4.69) is 15.6 Å². The van der Waals surface area contributed by atoms with Crippen molar-refractivity contribution in [3.63, 3.8) is 0 Å². The fourth-order valence-electron chi connectivity index (χ4n) is 2.35. The van der Waals surface area contributed by atoms with Gasteiger partial charge in [-0.05, 0) is 24.4 Å². The summed E-state index contributed by atoms with van der Waals surface area (Å²) in [5.41, 5.74) is 2.15. The highest BCUT2D eigenvalue weighted by Gasteiger charge is 2.16. The second-order valence-corrected chi connectivity index (χ2v) is 7.18. The van der Waals surface area contributed by atoms with Gasteiger partial charge in [0, 0.05) is 30.1 Å². The molecule has 2 heterocycles. The van der Waals surface area contributed by atoms with Crippen LogP contribution in [0.5, 0.6) is 0 Å². The van der Waals surface area contributed by atoms with Crippen molar-refractivity contribution in [2.75, 3.05) is 18.4 Å². The number of para-hydroxylation sites is 2. The van der Waals surface area contributed by atoms with Crippen LogP contribution in [0, 0.1) is 17.0 Å². The Labute approximate surface area is 157 Å². The van der Waals surface area contributed by atoms with Gasteiger partial charge in [0.1, 0.15) is 15.6 Å². The third-order valence-corrected chi connectivity index (χ3v) is 5.49. The minimum atomic E-state index is -0.437. The number of benzene rings is 1. The Morgan fingerprint density at radius 2 is 2.08 bits per heavy atom. The third kappa shape index (κ3) is 4.06. The van der Waals surface area contributed by atoms with Gasteiger partial charge in [0.25, 0.3) is 11.6 Å². The molecule has 134 valence electrons. The fourth-order valence-corrected chi connectivity index (χ4v) is 4.05. The second-order valence-electron chi connectivity index (χ2n) is 5.40. The summed E-state index contributed by atoms with van der Waals surface area (Å²) in [5.74, 6) is -0.189. The molecule has 3 rings (SSSR count). The van der Waals surface area contributed by atoms with Gasteiger partial charge in [0.15, 0.2) is 0 Å². The zero-order valence-corrected chi connectivity index (χ0v) is 15.5. The predicted molar refractivity (Wildman–Crippen MR) is 104 cm³/mol. The highest BCUT2D eigenvalue weighted by molar-refractivity contribution is 7.17. The Bertz CT molecular complexity index is 922. The standard InChI is InChI=1S/C17H16N4O3S2/c1-11-15(26-17(20-11)12-6-9-25-10-12)16(22)19-8-7-18-13-4-2-3-5-14(13)21(23)24/h2-6,9-10,18H,7-8H2,1H3,(H,19,22). The van der Waals surface area contributed by atoms with Crippen LogP contribution in [0.3, 0.4) is 0 Å². The van der Waals surface area contributed by atoms with Gasteiger partial charge < -0.3 is 10.6 Å². The monoisotopic (exact) mass is 388 g/mol. The van der Waals surface area contributed by atoms with Crippen LogP contribution >= 0.6 is 22.7 Å². The average molecular weight is 388 g/mol. The fraction of sp³-hybridized carbons (Fsp3) is 0.176. The molecule has 0 aliphatic heterocycles. The van der Waals surface area contributed by atoms with Gasteiger partial charge in [-0.1, -0.05) is 12.1 Å². The number of hydrogen-bond acceptors (Lipinski definition) is 7. The minimum absolute atomic E-state index is 0.0116. The molecule has 0 aliphatic carbocycles. The van der Waals surface area contributed by atoms with Crippen LogP contribution in [0.25, 0.3) is 10.6 Å². The summed E-state index contributed by atoms with van der Waals surface area (Å²) in [6, 6.07) is 8.39. The quantitative estimate of drug-likeness (QED) is 0.363. The number of hydrogen-bond donors (Lipinski definition) is 2. The van der Waals surface area contributed by atoms with Crippen LogP contribution in [-0.4, -0.2) is 28.9 Å². The number of thiophene rings is 1. The van der Waals surface area contributed by atoms with Gasteiger partial charge in [0.05, 0.1) is 10.6 Å². The lowest BCUT2D eigenvalue weighted by Crippen LogP contribution is -2.28. The number of rotatable bonds is 7. The van der Waals surface area contributed by atoms with Crippen LogP contribution in [0.1, 0.15) is 15.4 Å². The molecule has 0 saturated heterocycles. The number of thiazole rings is 1. The molecule has 0 fully saturated rings. The number of nitro groups is 1. The molecule has 9 heteroatoms. The van der Waals surface area contributed by atoms with E-state index in [-0.39, 0.29) is 11.6 Å². The number of carbonyl (C=O) groups is 1. The minimum Gasteiger partial charge on any atom is -0.378 e. The molecule has 0 radical (unpaired) electrons. The molecule has 1 aromatic carbocycles. The first kappa shape index (κ1) is 18.0. The van der Waals surface area contributed by atoms with Gasteiger partial charge in [-0.15, -0.1) is 11.3 Å². The molecule has 3 aromatic rings. The number of aryl methyl sites for hydroxylation is 1. The molecule has 1 amide bonds. The molecule has 0 spiro atoms. The molecule has 26 heavy (non-hydrogen) atoms. The van der Waals surface area contributed by atoms with E-state index in [1.165, 1.54) is 17.4 Å². The lowest BCUT2D eigenvalue weighted by molar-refractivity contribution is -0.384. The van der Waals surface area contributed by atoms with Gasteiger partial charge in [-0.2, -0.15) is 11.3 Å². The van der Waals surface area contributed by atoms with Crippen LogP contribution in [0.15, 0.2) is 41.1 Å². The summed E-state index contributed by atoms with van der Waals surface area (Å²) in [4.78, 5) is 27.9. The van der Waals surface area contributed by atoms with Crippen LogP contribution in [-0.2, 0) is 0 Å². The lowest BCUT2D eigenvalue weighted by Gasteiger charge is -2.08. The number of amides is 1. The third-order valence-electron chi connectivity index (χ3n) is 3.60. The first-order valence-corrected chi connectivity index (χ1v) is 9.57. The van der Waals surface area contributed by atoms with Crippen molar-refractivity contribution >= 4 is 40.0 Å². The number of carbonyl (C=O) groups excluding carboxylic acids is 1. The molecule has 0 saturated carbocycles. The maximum absolute atomic E-state index is 12.4. The molecule has 0 unspecified atom stereocenters. The van der Waals surface area contributed by atoms with Gasteiger partial charge in [-0.25, -0.2) is 4.98 Å². The van der Waals surface area contributed by atoms with Crippen molar-refractivity contribution in [1.29, 1.82) is 0 Å². The van der Waals surface area contributed by atoms with E-state index >= 15 is 0 Å². The molecule has 0 bridgehead atoms. The molecule has 7 nitrogen and oxygen atoms in total. The average Bonchev–Trinajstić information content (AvgIpc) is 3.28. The van der Waals surface area contributed by atoms with E-state index < -0.39 is 4.92 Å². The van der Waals surface area contributed by atoms with Crippen molar-refractivity contribution in [3.05, 3.63) is 61.8 Å². The zero-order valence-electron chi connectivity index (χ0n) is 13.9. The first-order chi connectivity index (χ1) is 12.6. The van der Waals surface area contributed by atoms with E-state index in [0.29, 0.717) is 29.3 Å². The smallest absolute Gasteiger partial charge is 0.292 e.